The number of imidazole rings is 1. The molecule has 0 bridgehead atoms. The van der Waals surface area contributed by atoms with Crippen LogP contribution in [-0.2, 0) is 10.0 Å². The molecule has 1 aromatic heterocycles. The second kappa shape index (κ2) is 7.19. The summed E-state index contributed by atoms with van der Waals surface area (Å²) in [7, 11) is -1.29. The highest BCUT2D eigenvalue weighted by atomic mass is 32.2. The van der Waals surface area contributed by atoms with Gasteiger partial charge in [0.2, 0.25) is 0 Å². The van der Waals surface area contributed by atoms with Gasteiger partial charge >= 0.3 is 0 Å². The first-order valence-electron chi connectivity index (χ1n) is 7.28. The van der Waals surface area contributed by atoms with Crippen LogP contribution in [-0.4, -0.2) is 49.5 Å². The lowest BCUT2D eigenvalue weighted by Gasteiger charge is -2.31. The summed E-state index contributed by atoms with van der Waals surface area (Å²) < 4.78 is 26.3. The second-order valence-electron chi connectivity index (χ2n) is 5.44. The highest BCUT2D eigenvalue weighted by molar-refractivity contribution is 7.89. The van der Waals surface area contributed by atoms with E-state index < -0.39 is 10.0 Å². The quantitative estimate of drug-likeness (QED) is 0.745. The van der Waals surface area contributed by atoms with E-state index in [1.54, 1.807) is 0 Å². The van der Waals surface area contributed by atoms with Crippen molar-refractivity contribution in [2.75, 3.05) is 20.1 Å². The Morgan fingerprint density at radius 1 is 1.40 bits per heavy atom. The van der Waals surface area contributed by atoms with Gasteiger partial charge in [0.05, 0.1) is 12.5 Å². The van der Waals surface area contributed by atoms with Crippen molar-refractivity contribution in [3.05, 3.63) is 12.5 Å². The Hall–Kier alpha value is -0.920. The maximum Gasteiger partial charge on any atom is 0.257 e. The van der Waals surface area contributed by atoms with E-state index in [9.17, 15) is 8.42 Å². The summed E-state index contributed by atoms with van der Waals surface area (Å²) >= 11 is 0. The van der Waals surface area contributed by atoms with Gasteiger partial charge in [0.1, 0.15) is 0 Å². The van der Waals surface area contributed by atoms with Crippen LogP contribution < -0.4 is 4.72 Å². The lowest BCUT2D eigenvalue weighted by Crippen LogP contribution is -2.35. The van der Waals surface area contributed by atoms with E-state index in [1.165, 1.54) is 44.6 Å². The van der Waals surface area contributed by atoms with Crippen LogP contribution in [0.2, 0.25) is 0 Å². The lowest BCUT2D eigenvalue weighted by molar-refractivity contribution is 0.190. The first-order valence-corrected chi connectivity index (χ1v) is 8.76. The summed E-state index contributed by atoms with van der Waals surface area (Å²) in [6.07, 6.45) is 10.0. The fraction of sp³-hybridized carbons (Fsp3) is 0.769. The molecule has 1 heterocycles. The molecule has 0 unspecified atom stereocenters. The zero-order valence-corrected chi connectivity index (χ0v) is 12.8. The van der Waals surface area contributed by atoms with Crippen molar-refractivity contribution in [1.29, 1.82) is 0 Å². The molecule has 1 aliphatic rings. The van der Waals surface area contributed by atoms with Crippen LogP contribution in [0, 0.1) is 0 Å². The molecule has 0 spiro atoms. The molecule has 2 rings (SSSR count). The van der Waals surface area contributed by atoms with E-state index >= 15 is 0 Å². The zero-order valence-electron chi connectivity index (χ0n) is 12.0. The molecule has 0 aliphatic heterocycles. The predicted octanol–water partition coefficient (Wildman–Crippen LogP) is 1.34. The highest BCUT2D eigenvalue weighted by Gasteiger charge is 2.18. The molecule has 0 radical (unpaired) electrons. The third-order valence-corrected chi connectivity index (χ3v) is 5.33. The van der Waals surface area contributed by atoms with Gasteiger partial charge < -0.3 is 9.88 Å². The maximum absolute atomic E-state index is 11.8. The normalized spacial score (nSPS) is 17.7. The van der Waals surface area contributed by atoms with Crippen LogP contribution >= 0.6 is 0 Å². The molecule has 0 amide bonds. The molecule has 7 heteroatoms. The Labute approximate surface area is 121 Å². The fourth-order valence-electron chi connectivity index (χ4n) is 2.71. The molecule has 0 saturated heterocycles. The minimum atomic E-state index is -3.43. The molecular weight excluding hydrogens is 276 g/mol. The summed E-state index contributed by atoms with van der Waals surface area (Å²) in [5.74, 6) is 0. The van der Waals surface area contributed by atoms with Crippen molar-refractivity contribution in [3.8, 4) is 0 Å². The van der Waals surface area contributed by atoms with Crippen LogP contribution in [0.1, 0.15) is 38.5 Å². The number of rotatable bonds is 7. The molecule has 20 heavy (non-hydrogen) atoms. The molecule has 114 valence electrons. The average molecular weight is 300 g/mol. The fourth-order valence-corrected chi connectivity index (χ4v) is 3.68. The Bertz CT molecular complexity index is 480. The number of hydrogen-bond donors (Lipinski definition) is 2. The van der Waals surface area contributed by atoms with Crippen LogP contribution in [0.15, 0.2) is 17.6 Å². The van der Waals surface area contributed by atoms with Gasteiger partial charge in [-0.25, -0.2) is 18.1 Å². The number of nitrogens with one attached hydrogen (secondary N) is 2. The Morgan fingerprint density at radius 3 is 2.80 bits per heavy atom. The van der Waals surface area contributed by atoms with E-state index in [2.05, 4.69) is 26.6 Å². The molecule has 1 aliphatic carbocycles. The third-order valence-electron chi connectivity index (χ3n) is 3.94. The van der Waals surface area contributed by atoms with Crippen LogP contribution in [0.4, 0.5) is 0 Å². The van der Waals surface area contributed by atoms with Gasteiger partial charge in [-0.15, -0.1) is 0 Å². The summed E-state index contributed by atoms with van der Waals surface area (Å²) in [5, 5.41) is 0.123. The van der Waals surface area contributed by atoms with Gasteiger partial charge in [-0.05, 0) is 32.9 Å². The zero-order chi connectivity index (χ0) is 14.4. The van der Waals surface area contributed by atoms with E-state index in [0.717, 1.165) is 13.0 Å². The maximum atomic E-state index is 11.8. The van der Waals surface area contributed by atoms with Crippen molar-refractivity contribution in [3.63, 3.8) is 0 Å². The monoisotopic (exact) mass is 300 g/mol. The molecule has 1 fully saturated rings. The molecule has 1 aromatic rings. The number of aromatic nitrogens is 2. The highest BCUT2D eigenvalue weighted by Crippen LogP contribution is 2.21. The summed E-state index contributed by atoms with van der Waals surface area (Å²) in [5.41, 5.74) is 0. The van der Waals surface area contributed by atoms with Crippen LogP contribution in [0.5, 0.6) is 0 Å². The third kappa shape index (κ3) is 4.29. The number of hydrogen-bond acceptors (Lipinski definition) is 4. The number of H-pyrrole nitrogens is 1. The van der Waals surface area contributed by atoms with Crippen molar-refractivity contribution in [2.24, 2.45) is 0 Å². The minimum absolute atomic E-state index is 0.123. The molecule has 0 atom stereocenters. The number of nitrogens with zero attached hydrogens (tertiary/aromatic N) is 2. The van der Waals surface area contributed by atoms with Crippen molar-refractivity contribution in [2.45, 2.75) is 49.6 Å². The molecule has 1 saturated carbocycles. The topological polar surface area (TPSA) is 78.1 Å². The van der Waals surface area contributed by atoms with Gasteiger partial charge in [-0.1, -0.05) is 19.3 Å². The largest absolute Gasteiger partial charge is 0.335 e. The smallest absolute Gasteiger partial charge is 0.257 e. The summed E-state index contributed by atoms with van der Waals surface area (Å²) in [4.78, 5) is 8.69. The van der Waals surface area contributed by atoms with Gasteiger partial charge in [-0.3, -0.25) is 0 Å². The molecule has 0 aromatic carbocycles. The van der Waals surface area contributed by atoms with E-state index in [1.807, 2.05) is 0 Å². The number of aromatic amines is 1. The molecule has 6 nitrogen and oxygen atoms in total. The van der Waals surface area contributed by atoms with Gasteiger partial charge in [0.15, 0.2) is 5.03 Å². The van der Waals surface area contributed by atoms with Crippen molar-refractivity contribution < 1.29 is 8.42 Å². The first kappa shape index (κ1) is 15.5. The summed E-state index contributed by atoms with van der Waals surface area (Å²) in [6.45, 7) is 1.38. The van der Waals surface area contributed by atoms with Crippen molar-refractivity contribution >= 4 is 10.0 Å². The van der Waals surface area contributed by atoms with Gasteiger partial charge in [-0.2, -0.15) is 0 Å². The van der Waals surface area contributed by atoms with E-state index in [0.29, 0.717) is 12.6 Å². The Morgan fingerprint density at radius 2 is 2.15 bits per heavy atom. The van der Waals surface area contributed by atoms with Crippen molar-refractivity contribution in [1.82, 2.24) is 19.6 Å². The minimum Gasteiger partial charge on any atom is -0.335 e. The van der Waals surface area contributed by atoms with Gasteiger partial charge in [0.25, 0.3) is 10.0 Å². The standard InChI is InChI=1S/C13H24N4O2S/c1-17(12-6-3-2-4-7-12)9-5-8-16-20(18,19)13-10-14-11-15-13/h10-12,16H,2-9H2,1H3,(H,14,15). The summed E-state index contributed by atoms with van der Waals surface area (Å²) in [6, 6.07) is 0.674. The second-order valence-corrected chi connectivity index (χ2v) is 7.18. The average Bonchev–Trinajstić information content (AvgIpc) is 2.99. The lowest BCUT2D eigenvalue weighted by atomic mass is 9.94. The SMILES string of the molecule is CN(CCCNS(=O)(=O)c1cnc[nH]1)C1CCCCC1. The Kier molecular flexibility index (Phi) is 5.56. The first-order chi connectivity index (χ1) is 9.59. The molecular formula is C13H24N4O2S. The molecule has 2 N–H and O–H groups in total. The van der Waals surface area contributed by atoms with E-state index in [4.69, 9.17) is 0 Å². The van der Waals surface area contributed by atoms with Gasteiger partial charge in [0, 0.05) is 12.6 Å². The predicted molar refractivity (Wildman–Crippen MR) is 77.9 cm³/mol. The van der Waals surface area contributed by atoms with Crippen LogP contribution in [0.25, 0.3) is 0 Å². The Balaban J connectivity index is 1.68. The van der Waals surface area contributed by atoms with E-state index in [-0.39, 0.29) is 5.03 Å². The number of sulfonamides is 1. The van der Waals surface area contributed by atoms with Crippen LogP contribution in [0.3, 0.4) is 0 Å².